The minimum absolute atomic E-state index is 0.218. The molecule has 3 nitrogen and oxygen atoms in total. The zero-order chi connectivity index (χ0) is 18.0. The second kappa shape index (κ2) is 7.17. The number of halogens is 3. The molecule has 2 heterocycles. The maximum atomic E-state index is 12.6. The van der Waals surface area contributed by atoms with E-state index in [9.17, 15) is 18.0 Å². The lowest BCUT2D eigenvalue weighted by molar-refractivity contribution is -0.143. The van der Waals surface area contributed by atoms with Gasteiger partial charge >= 0.3 is 6.18 Å². The Bertz CT molecular complexity index is 740. The van der Waals surface area contributed by atoms with Gasteiger partial charge in [0, 0.05) is 24.7 Å². The molecule has 3 rings (SSSR count). The lowest BCUT2D eigenvalue weighted by atomic mass is 10.0. The van der Waals surface area contributed by atoms with Gasteiger partial charge in [-0.05, 0) is 30.4 Å². The van der Waals surface area contributed by atoms with Crippen LogP contribution in [0, 0.1) is 6.92 Å². The summed E-state index contributed by atoms with van der Waals surface area (Å²) in [5, 5.41) is 4.74. The summed E-state index contributed by atoms with van der Waals surface area (Å²) in [6.07, 6.45) is -3.67. The fraction of sp³-hybridized carbons (Fsp3) is 0.389. The zero-order valence-electron chi connectivity index (χ0n) is 13.8. The molecule has 25 heavy (non-hydrogen) atoms. The highest BCUT2D eigenvalue weighted by Gasteiger charge is 2.34. The minimum Gasteiger partial charge on any atom is -0.347 e. The van der Waals surface area contributed by atoms with Gasteiger partial charge in [0.05, 0.1) is 11.4 Å². The van der Waals surface area contributed by atoms with E-state index in [2.05, 4.69) is 5.32 Å². The van der Waals surface area contributed by atoms with Crippen molar-refractivity contribution in [2.75, 3.05) is 19.6 Å². The van der Waals surface area contributed by atoms with Gasteiger partial charge in [-0.25, -0.2) is 0 Å². The quantitative estimate of drug-likeness (QED) is 0.882. The van der Waals surface area contributed by atoms with Crippen LogP contribution in [0.3, 0.4) is 0 Å². The molecule has 1 fully saturated rings. The average molecular weight is 368 g/mol. The summed E-state index contributed by atoms with van der Waals surface area (Å²) >= 11 is 1.35. The topological polar surface area (TPSA) is 32.3 Å². The summed E-state index contributed by atoms with van der Waals surface area (Å²) in [5.74, 6) is -0.218. The predicted octanol–water partition coefficient (Wildman–Crippen LogP) is 4.09. The predicted molar refractivity (Wildman–Crippen MR) is 92.9 cm³/mol. The van der Waals surface area contributed by atoms with Crippen molar-refractivity contribution in [2.45, 2.75) is 25.6 Å². The monoisotopic (exact) mass is 368 g/mol. The first kappa shape index (κ1) is 17.9. The van der Waals surface area contributed by atoms with E-state index in [4.69, 9.17) is 0 Å². The van der Waals surface area contributed by atoms with Gasteiger partial charge in [-0.15, -0.1) is 11.3 Å². The minimum atomic E-state index is -4.20. The normalized spacial score (nSPS) is 18.5. The number of alkyl halides is 3. The van der Waals surface area contributed by atoms with Crippen LogP contribution < -0.4 is 5.32 Å². The first-order chi connectivity index (χ1) is 11.8. The molecule has 1 aromatic carbocycles. The number of carbonyl (C=O) groups is 1. The molecular weight excluding hydrogens is 349 g/mol. The van der Waals surface area contributed by atoms with Gasteiger partial charge in [0.15, 0.2) is 0 Å². The van der Waals surface area contributed by atoms with Crippen molar-refractivity contribution < 1.29 is 18.0 Å². The number of thiophene rings is 1. The van der Waals surface area contributed by atoms with E-state index < -0.39 is 12.7 Å². The van der Waals surface area contributed by atoms with E-state index in [1.54, 1.807) is 0 Å². The van der Waals surface area contributed by atoms with Crippen LogP contribution in [0.1, 0.15) is 21.7 Å². The summed E-state index contributed by atoms with van der Waals surface area (Å²) in [6.45, 7) is 1.65. The van der Waals surface area contributed by atoms with Gasteiger partial charge in [0.1, 0.15) is 0 Å². The van der Waals surface area contributed by atoms with E-state index >= 15 is 0 Å². The molecule has 1 atom stereocenters. The van der Waals surface area contributed by atoms with Crippen molar-refractivity contribution in [3.05, 3.63) is 46.2 Å². The molecule has 1 aliphatic heterocycles. The Morgan fingerprint density at radius 3 is 2.68 bits per heavy atom. The fourth-order valence-corrected chi connectivity index (χ4v) is 3.86. The standard InChI is InChI=1S/C18H19F3N2OS/c1-12-2-4-13(5-3-12)15-7-9-25-16(15)17(24)22-14-6-8-23(10-14)11-18(19,20)21/h2-5,7,9,14H,6,8,10-11H2,1H3,(H,22,24)/t14-/m1/s1. The van der Waals surface area contributed by atoms with Crippen molar-refractivity contribution in [3.8, 4) is 11.1 Å². The molecule has 1 aromatic heterocycles. The molecule has 0 radical (unpaired) electrons. The lowest BCUT2D eigenvalue weighted by Crippen LogP contribution is -2.39. The maximum absolute atomic E-state index is 12.6. The lowest BCUT2D eigenvalue weighted by Gasteiger charge is -2.18. The van der Waals surface area contributed by atoms with E-state index in [0.29, 0.717) is 17.8 Å². The summed E-state index contributed by atoms with van der Waals surface area (Å²) in [5.41, 5.74) is 2.95. The molecule has 0 bridgehead atoms. The Hall–Kier alpha value is -1.86. The molecule has 2 aromatic rings. The Labute approximate surface area is 148 Å². The number of hydrogen-bond acceptors (Lipinski definition) is 3. The van der Waals surface area contributed by atoms with Gasteiger partial charge in [-0.1, -0.05) is 29.8 Å². The molecule has 0 unspecified atom stereocenters. The molecule has 0 aliphatic carbocycles. The van der Waals surface area contributed by atoms with Crippen molar-refractivity contribution in [2.24, 2.45) is 0 Å². The first-order valence-electron chi connectivity index (χ1n) is 8.06. The Morgan fingerprint density at radius 1 is 1.28 bits per heavy atom. The number of benzene rings is 1. The number of aryl methyl sites for hydroxylation is 1. The molecule has 7 heteroatoms. The highest BCUT2D eigenvalue weighted by atomic mass is 32.1. The van der Waals surface area contributed by atoms with E-state index in [1.807, 2.05) is 42.6 Å². The fourth-order valence-electron chi connectivity index (χ4n) is 3.04. The molecular formula is C18H19F3N2OS. The largest absolute Gasteiger partial charge is 0.401 e. The maximum Gasteiger partial charge on any atom is 0.401 e. The van der Waals surface area contributed by atoms with Crippen LogP contribution in [0.4, 0.5) is 13.2 Å². The third-order valence-electron chi connectivity index (χ3n) is 4.24. The summed E-state index contributed by atoms with van der Waals surface area (Å²) < 4.78 is 37.4. The van der Waals surface area contributed by atoms with Crippen LogP contribution in [-0.2, 0) is 0 Å². The van der Waals surface area contributed by atoms with Crippen LogP contribution in [0.15, 0.2) is 35.7 Å². The van der Waals surface area contributed by atoms with E-state index in [1.165, 1.54) is 16.2 Å². The molecule has 1 amide bonds. The van der Waals surface area contributed by atoms with Gasteiger partial charge in [0.2, 0.25) is 0 Å². The van der Waals surface area contributed by atoms with E-state index in [0.717, 1.165) is 16.7 Å². The average Bonchev–Trinajstić information content (AvgIpc) is 3.16. The highest BCUT2D eigenvalue weighted by molar-refractivity contribution is 7.12. The number of likely N-dealkylation sites (tertiary alicyclic amines) is 1. The Balaban J connectivity index is 1.65. The molecule has 0 saturated carbocycles. The van der Waals surface area contributed by atoms with E-state index in [-0.39, 0.29) is 18.5 Å². The smallest absolute Gasteiger partial charge is 0.347 e. The highest BCUT2D eigenvalue weighted by Crippen LogP contribution is 2.29. The SMILES string of the molecule is Cc1ccc(-c2ccsc2C(=O)N[C@@H]2CCN(CC(F)(F)F)C2)cc1. The molecule has 1 saturated heterocycles. The van der Waals surface area contributed by atoms with Gasteiger partial charge < -0.3 is 5.32 Å². The molecule has 134 valence electrons. The van der Waals surface area contributed by atoms with Crippen LogP contribution in [0.5, 0.6) is 0 Å². The zero-order valence-corrected chi connectivity index (χ0v) is 14.6. The second-order valence-electron chi connectivity index (χ2n) is 6.34. The number of hydrogen-bond donors (Lipinski definition) is 1. The van der Waals surface area contributed by atoms with Crippen molar-refractivity contribution in [1.82, 2.24) is 10.2 Å². The van der Waals surface area contributed by atoms with Gasteiger partial charge in [-0.2, -0.15) is 13.2 Å². The number of nitrogens with zero attached hydrogens (tertiary/aromatic N) is 1. The Kier molecular flexibility index (Phi) is 5.15. The number of rotatable bonds is 4. The van der Waals surface area contributed by atoms with Crippen molar-refractivity contribution in [1.29, 1.82) is 0 Å². The third kappa shape index (κ3) is 4.61. The molecule has 1 N–H and O–H groups in total. The van der Waals surface area contributed by atoms with Crippen molar-refractivity contribution in [3.63, 3.8) is 0 Å². The first-order valence-corrected chi connectivity index (χ1v) is 8.94. The number of amides is 1. The van der Waals surface area contributed by atoms with Gasteiger partial charge in [0.25, 0.3) is 5.91 Å². The Morgan fingerprint density at radius 2 is 2.00 bits per heavy atom. The number of nitrogens with one attached hydrogen (secondary N) is 1. The van der Waals surface area contributed by atoms with Crippen LogP contribution in [-0.4, -0.2) is 42.7 Å². The van der Waals surface area contributed by atoms with Crippen LogP contribution in [0.2, 0.25) is 0 Å². The summed E-state index contributed by atoms with van der Waals surface area (Å²) in [4.78, 5) is 14.5. The summed E-state index contributed by atoms with van der Waals surface area (Å²) in [7, 11) is 0. The van der Waals surface area contributed by atoms with Crippen LogP contribution in [0.25, 0.3) is 11.1 Å². The molecule has 1 aliphatic rings. The summed E-state index contributed by atoms with van der Waals surface area (Å²) in [6, 6.07) is 9.56. The van der Waals surface area contributed by atoms with Crippen LogP contribution >= 0.6 is 11.3 Å². The number of carbonyl (C=O) groups excluding carboxylic acids is 1. The van der Waals surface area contributed by atoms with Crippen molar-refractivity contribution >= 4 is 17.2 Å². The van der Waals surface area contributed by atoms with Gasteiger partial charge in [-0.3, -0.25) is 9.69 Å². The molecule has 0 spiro atoms. The third-order valence-corrected chi connectivity index (χ3v) is 5.16. The second-order valence-corrected chi connectivity index (χ2v) is 7.25.